The Kier molecular flexibility index (Phi) is 9.13. The molecule has 0 heterocycles. The maximum absolute atomic E-state index is 13.8. The molecule has 0 aromatic heterocycles. The molecular formula is C25H31ClFN3O4S. The molecule has 0 spiro atoms. The van der Waals surface area contributed by atoms with Gasteiger partial charge in [-0.3, -0.25) is 13.9 Å². The van der Waals surface area contributed by atoms with Crippen molar-refractivity contribution in [1.29, 1.82) is 0 Å². The lowest BCUT2D eigenvalue weighted by atomic mass is 9.95. The first-order valence-electron chi connectivity index (χ1n) is 11.6. The van der Waals surface area contributed by atoms with Gasteiger partial charge in [0.05, 0.1) is 11.9 Å². The van der Waals surface area contributed by atoms with E-state index in [0.717, 1.165) is 48.7 Å². The fraction of sp³-hybridized carbons (Fsp3) is 0.440. The highest BCUT2D eigenvalue weighted by Gasteiger charge is 2.31. The topological polar surface area (TPSA) is 86.8 Å². The number of nitrogens with one attached hydrogen (secondary N) is 1. The Labute approximate surface area is 211 Å². The van der Waals surface area contributed by atoms with Crippen molar-refractivity contribution in [1.82, 2.24) is 10.2 Å². The monoisotopic (exact) mass is 523 g/mol. The van der Waals surface area contributed by atoms with Gasteiger partial charge in [0.1, 0.15) is 18.4 Å². The molecule has 2 aromatic rings. The Balaban J connectivity index is 1.88. The summed E-state index contributed by atoms with van der Waals surface area (Å²) in [6.07, 6.45) is 5.94. The molecule has 0 aliphatic heterocycles. The summed E-state index contributed by atoms with van der Waals surface area (Å²) in [5.74, 6) is -1.54. The van der Waals surface area contributed by atoms with Crippen molar-refractivity contribution in [2.75, 3.05) is 17.1 Å². The number of rotatable bonds is 9. The van der Waals surface area contributed by atoms with Gasteiger partial charge in [0.2, 0.25) is 21.8 Å². The minimum absolute atomic E-state index is 0.0124. The number of sulfonamides is 1. The van der Waals surface area contributed by atoms with Crippen molar-refractivity contribution in [3.05, 3.63) is 64.9 Å². The third-order valence-electron chi connectivity index (χ3n) is 6.19. The zero-order valence-corrected chi connectivity index (χ0v) is 21.5. The third-order valence-corrected chi connectivity index (χ3v) is 7.70. The number of amides is 2. The van der Waals surface area contributed by atoms with Crippen molar-refractivity contribution in [3.8, 4) is 0 Å². The fourth-order valence-electron chi connectivity index (χ4n) is 4.21. The molecule has 0 bridgehead atoms. The molecule has 1 aliphatic rings. The molecule has 3 rings (SSSR count). The lowest BCUT2D eigenvalue weighted by Gasteiger charge is -2.33. The molecule has 0 radical (unpaired) electrons. The lowest BCUT2D eigenvalue weighted by Crippen LogP contribution is -2.53. The van der Waals surface area contributed by atoms with Crippen LogP contribution in [0.5, 0.6) is 0 Å². The van der Waals surface area contributed by atoms with Crippen LogP contribution in [-0.2, 0) is 26.2 Å². The number of halogens is 2. The molecule has 2 aromatic carbocycles. The van der Waals surface area contributed by atoms with Crippen LogP contribution in [0, 0.1) is 5.82 Å². The minimum Gasteiger partial charge on any atom is -0.352 e. The van der Waals surface area contributed by atoms with E-state index in [-0.39, 0.29) is 24.2 Å². The molecule has 7 nitrogen and oxygen atoms in total. The van der Waals surface area contributed by atoms with Crippen molar-refractivity contribution in [2.45, 2.75) is 57.7 Å². The van der Waals surface area contributed by atoms with Crippen molar-refractivity contribution in [3.63, 3.8) is 0 Å². The summed E-state index contributed by atoms with van der Waals surface area (Å²) >= 11 is 6.32. The van der Waals surface area contributed by atoms with Gasteiger partial charge < -0.3 is 10.2 Å². The van der Waals surface area contributed by atoms with Crippen LogP contribution in [0.1, 0.15) is 44.6 Å². The van der Waals surface area contributed by atoms with Gasteiger partial charge in [-0.15, -0.1) is 0 Å². The molecule has 1 N–H and O–H groups in total. The Hall–Kier alpha value is -2.65. The highest BCUT2D eigenvalue weighted by molar-refractivity contribution is 7.92. The molecule has 0 unspecified atom stereocenters. The maximum Gasteiger partial charge on any atom is 0.244 e. The summed E-state index contributed by atoms with van der Waals surface area (Å²) < 4.78 is 39.7. The van der Waals surface area contributed by atoms with E-state index in [2.05, 4.69) is 5.32 Å². The van der Waals surface area contributed by atoms with Gasteiger partial charge in [-0.05, 0) is 49.6 Å². The molecule has 0 saturated heterocycles. The first-order chi connectivity index (χ1) is 16.6. The van der Waals surface area contributed by atoms with E-state index in [0.29, 0.717) is 10.6 Å². The summed E-state index contributed by atoms with van der Waals surface area (Å²) in [6, 6.07) is 11.1. The van der Waals surface area contributed by atoms with Gasteiger partial charge in [-0.1, -0.05) is 55.1 Å². The Morgan fingerprint density at radius 3 is 2.43 bits per heavy atom. The molecule has 10 heteroatoms. The predicted octanol–water partition coefficient (Wildman–Crippen LogP) is 4.11. The molecule has 1 aliphatic carbocycles. The zero-order chi connectivity index (χ0) is 25.6. The standard InChI is InChI=1S/C25H31ClFN3O4S/c1-18(25(32)28-21-11-4-3-5-12-21)29(16-19-9-6-7-14-23(19)26)24(31)17-30(35(2,33)34)22-13-8-10-20(27)15-22/h6-10,13-15,18,21H,3-5,11-12,16-17H2,1-2H3,(H,28,32)/t18-/m1/s1. The summed E-state index contributed by atoms with van der Waals surface area (Å²) in [7, 11) is -3.92. The second kappa shape index (κ2) is 11.9. The normalized spacial score (nSPS) is 15.3. The summed E-state index contributed by atoms with van der Waals surface area (Å²) in [6.45, 7) is 1.03. The van der Waals surface area contributed by atoms with Crippen LogP contribution in [0.4, 0.5) is 10.1 Å². The first kappa shape index (κ1) is 26.9. The zero-order valence-electron chi connectivity index (χ0n) is 19.9. The number of carbonyl (C=O) groups is 2. The van der Waals surface area contributed by atoms with Gasteiger partial charge in [0.15, 0.2) is 0 Å². The maximum atomic E-state index is 13.8. The van der Waals surface area contributed by atoms with Gasteiger partial charge in [-0.25, -0.2) is 12.8 Å². The molecule has 190 valence electrons. The highest BCUT2D eigenvalue weighted by atomic mass is 35.5. The highest BCUT2D eigenvalue weighted by Crippen LogP contribution is 2.23. The number of anilines is 1. The number of hydrogen-bond donors (Lipinski definition) is 1. The van der Waals surface area contributed by atoms with E-state index >= 15 is 0 Å². The Morgan fingerprint density at radius 1 is 1.11 bits per heavy atom. The number of hydrogen-bond acceptors (Lipinski definition) is 4. The summed E-state index contributed by atoms with van der Waals surface area (Å²) in [5.41, 5.74) is 0.648. The number of nitrogens with zero attached hydrogens (tertiary/aromatic N) is 2. The second-order valence-corrected chi connectivity index (χ2v) is 11.2. The third kappa shape index (κ3) is 7.41. The van der Waals surface area contributed by atoms with Crippen molar-refractivity contribution < 1.29 is 22.4 Å². The van der Waals surface area contributed by atoms with Crippen LogP contribution in [0.2, 0.25) is 5.02 Å². The molecule has 1 atom stereocenters. The molecule has 1 saturated carbocycles. The largest absolute Gasteiger partial charge is 0.352 e. The van der Waals surface area contributed by atoms with Crippen LogP contribution in [0.15, 0.2) is 48.5 Å². The van der Waals surface area contributed by atoms with Crippen LogP contribution in [0.25, 0.3) is 0 Å². The average molecular weight is 524 g/mol. The Morgan fingerprint density at radius 2 is 1.80 bits per heavy atom. The fourth-order valence-corrected chi connectivity index (χ4v) is 5.24. The van der Waals surface area contributed by atoms with Gasteiger partial charge >= 0.3 is 0 Å². The van der Waals surface area contributed by atoms with Crippen molar-refractivity contribution >= 4 is 39.1 Å². The van der Waals surface area contributed by atoms with Crippen LogP contribution in [0.3, 0.4) is 0 Å². The van der Waals surface area contributed by atoms with E-state index in [9.17, 15) is 22.4 Å². The summed E-state index contributed by atoms with van der Waals surface area (Å²) in [5, 5.41) is 3.46. The number of benzene rings is 2. The van der Waals surface area contributed by atoms with Gasteiger partial charge in [-0.2, -0.15) is 0 Å². The van der Waals surface area contributed by atoms with E-state index in [1.165, 1.54) is 23.1 Å². The SMILES string of the molecule is C[C@H](C(=O)NC1CCCCC1)N(Cc1ccccc1Cl)C(=O)CN(c1cccc(F)c1)S(C)(=O)=O. The van der Waals surface area contributed by atoms with E-state index in [1.54, 1.807) is 31.2 Å². The lowest BCUT2D eigenvalue weighted by molar-refractivity contribution is -0.139. The molecule has 1 fully saturated rings. The van der Waals surface area contributed by atoms with E-state index in [1.807, 2.05) is 0 Å². The minimum atomic E-state index is -3.92. The van der Waals surface area contributed by atoms with Crippen LogP contribution in [-0.4, -0.2) is 50.0 Å². The second-order valence-electron chi connectivity index (χ2n) is 8.88. The molecular weight excluding hydrogens is 493 g/mol. The van der Waals surface area contributed by atoms with Gasteiger partial charge in [0.25, 0.3) is 0 Å². The van der Waals surface area contributed by atoms with E-state index in [4.69, 9.17) is 11.6 Å². The number of carbonyl (C=O) groups excluding carboxylic acids is 2. The molecule has 2 amide bonds. The summed E-state index contributed by atoms with van der Waals surface area (Å²) in [4.78, 5) is 27.9. The van der Waals surface area contributed by atoms with Gasteiger partial charge in [0, 0.05) is 17.6 Å². The average Bonchev–Trinajstić information content (AvgIpc) is 2.81. The van der Waals surface area contributed by atoms with Crippen molar-refractivity contribution in [2.24, 2.45) is 0 Å². The quantitative estimate of drug-likeness (QED) is 0.536. The van der Waals surface area contributed by atoms with Crippen LogP contribution < -0.4 is 9.62 Å². The van der Waals surface area contributed by atoms with Crippen LogP contribution >= 0.6 is 11.6 Å². The predicted molar refractivity (Wildman–Crippen MR) is 135 cm³/mol. The Bertz CT molecular complexity index is 1150. The molecule has 35 heavy (non-hydrogen) atoms. The first-order valence-corrected chi connectivity index (χ1v) is 13.9. The smallest absolute Gasteiger partial charge is 0.244 e. The van der Waals surface area contributed by atoms with E-state index < -0.39 is 34.3 Å².